The number of halogens is 1. The Morgan fingerprint density at radius 3 is 2.85 bits per heavy atom. The summed E-state index contributed by atoms with van der Waals surface area (Å²) in [6, 6.07) is 0. The molecule has 1 aromatic rings. The first-order valence-electron chi connectivity index (χ1n) is 4.07. The molecule has 6 heteroatoms. The van der Waals surface area contributed by atoms with Gasteiger partial charge in [-0.3, -0.25) is 4.90 Å². The number of hydrogen-bond acceptors (Lipinski definition) is 5. The van der Waals surface area contributed by atoms with Gasteiger partial charge in [0.2, 0.25) is 0 Å². The standard InChI is InChI=1S/C7H12ClN3OS/c1-2-11(3-4-12)5-6-7(8)13-10-9-6/h12H,2-5H2,1H3. The Labute approximate surface area is 86.3 Å². The molecule has 0 fully saturated rings. The van der Waals surface area contributed by atoms with Crippen molar-refractivity contribution in [3.8, 4) is 0 Å². The van der Waals surface area contributed by atoms with Crippen LogP contribution < -0.4 is 0 Å². The molecule has 0 aliphatic heterocycles. The first-order chi connectivity index (χ1) is 6.27. The fourth-order valence-corrected chi connectivity index (χ4v) is 1.61. The molecule has 0 aliphatic rings. The summed E-state index contributed by atoms with van der Waals surface area (Å²) in [5.74, 6) is 0. The van der Waals surface area contributed by atoms with Crippen LogP contribution in [0.25, 0.3) is 0 Å². The highest BCUT2D eigenvalue weighted by Crippen LogP contribution is 2.18. The molecule has 74 valence electrons. The van der Waals surface area contributed by atoms with Crippen molar-refractivity contribution in [1.82, 2.24) is 14.5 Å². The molecule has 13 heavy (non-hydrogen) atoms. The van der Waals surface area contributed by atoms with Crippen LogP contribution in [0.1, 0.15) is 12.6 Å². The SMILES string of the molecule is CCN(CCO)Cc1nnsc1Cl. The maximum atomic E-state index is 8.76. The number of likely N-dealkylation sites (N-methyl/N-ethyl adjacent to an activating group) is 1. The van der Waals surface area contributed by atoms with E-state index in [0.717, 1.165) is 12.2 Å². The zero-order valence-corrected chi connectivity index (χ0v) is 8.98. The van der Waals surface area contributed by atoms with Gasteiger partial charge in [-0.2, -0.15) is 0 Å². The largest absolute Gasteiger partial charge is 0.395 e. The van der Waals surface area contributed by atoms with Gasteiger partial charge in [0.25, 0.3) is 0 Å². The maximum Gasteiger partial charge on any atom is 0.138 e. The number of aromatic nitrogens is 2. The fourth-order valence-electron chi connectivity index (χ4n) is 0.994. The zero-order valence-electron chi connectivity index (χ0n) is 7.40. The average Bonchev–Trinajstić information content (AvgIpc) is 2.51. The number of hydrogen-bond donors (Lipinski definition) is 1. The summed E-state index contributed by atoms with van der Waals surface area (Å²) >= 11 is 7.04. The second kappa shape index (κ2) is 5.49. The van der Waals surface area contributed by atoms with Gasteiger partial charge in [0.1, 0.15) is 10.0 Å². The van der Waals surface area contributed by atoms with E-state index >= 15 is 0 Å². The summed E-state index contributed by atoms with van der Waals surface area (Å²) in [5, 5.41) is 12.7. The van der Waals surface area contributed by atoms with E-state index in [9.17, 15) is 0 Å². The Balaban J connectivity index is 2.51. The van der Waals surface area contributed by atoms with E-state index in [1.165, 1.54) is 11.5 Å². The molecule has 0 radical (unpaired) electrons. The third-order valence-corrected chi connectivity index (χ3v) is 2.73. The van der Waals surface area contributed by atoms with Gasteiger partial charge < -0.3 is 5.11 Å². The third-order valence-electron chi connectivity index (χ3n) is 1.75. The highest BCUT2D eigenvalue weighted by molar-refractivity contribution is 7.10. The molecule has 0 saturated carbocycles. The van der Waals surface area contributed by atoms with Crippen LogP contribution in [-0.4, -0.2) is 39.3 Å². The summed E-state index contributed by atoms with van der Waals surface area (Å²) in [5.41, 5.74) is 0.793. The predicted octanol–water partition coefficient (Wildman–Crippen LogP) is 1.01. The minimum atomic E-state index is 0.156. The molecule has 0 saturated heterocycles. The highest BCUT2D eigenvalue weighted by Gasteiger charge is 2.09. The van der Waals surface area contributed by atoms with Crippen molar-refractivity contribution in [2.24, 2.45) is 0 Å². The molecular weight excluding hydrogens is 210 g/mol. The van der Waals surface area contributed by atoms with Crippen molar-refractivity contribution < 1.29 is 5.11 Å². The van der Waals surface area contributed by atoms with Crippen molar-refractivity contribution in [1.29, 1.82) is 0 Å². The van der Waals surface area contributed by atoms with Gasteiger partial charge in [-0.1, -0.05) is 23.0 Å². The lowest BCUT2D eigenvalue weighted by atomic mass is 10.4. The van der Waals surface area contributed by atoms with Crippen LogP contribution in [0.5, 0.6) is 0 Å². The van der Waals surface area contributed by atoms with Crippen LogP contribution in [0, 0.1) is 0 Å². The second-order valence-electron chi connectivity index (χ2n) is 2.59. The molecule has 0 spiro atoms. The van der Waals surface area contributed by atoms with E-state index in [2.05, 4.69) is 14.5 Å². The van der Waals surface area contributed by atoms with Crippen LogP contribution in [0.2, 0.25) is 4.34 Å². The van der Waals surface area contributed by atoms with Crippen LogP contribution >= 0.6 is 23.1 Å². The van der Waals surface area contributed by atoms with Crippen LogP contribution in [0.15, 0.2) is 0 Å². The minimum Gasteiger partial charge on any atom is -0.395 e. The van der Waals surface area contributed by atoms with Crippen molar-refractivity contribution in [3.05, 3.63) is 10.0 Å². The van der Waals surface area contributed by atoms with Crippen molar-refractivity contribution in [3.63, 3.8) is 0 Å². The highest BCUT2D eigenvalue weighted by atomic mass is 35.5. The summed E-state index contributed by atoms with van der Waals surface area (Å²) in [7, 11) is 0. The van der Waals surface area contributed by atoms with E-state index in [0.29, 0.717) is 17.4 Å². The van der Waals surface area contributed by atoms with E-state index < -0.39 is 0 Å². The molecular formula is C7H12ClN3OS. The predicted molar refractivity (Wildman–Crippen MR) is 53.0 cm³/mol. The molecule has 4 nitrogen and oxygen atoms in total. The normalized spacial score (nSPS) is 11.1. The van der Waals surface area contributed by atoms with Gasteiger partial charge in [-0.05, 0) is 6.54 Å². The Morgan fingerprint density at radius 2 is 2.38 bits per heavy atom. The van der Waals surface area contributed by atoms with E-state index in [1.807, 2.05) is 6.92 Å². The Bertz CT molecular complexity index is 256. The third kappa shape index (κ3) is 3.19. The van der Waals surface area contributed by atoms with Gasteiger partial charge in [0.15, 0.2) is 0 Å². The van der Waals surface area contributed by atoms with Crippen molar-refractivity contribution >= 4 is 23.1 Å². The van der Waals surface area contributed by atoms with Crippen molar-refractivity contribution in [2.45, 2.75) is 13.5 Å². The van der Waals surface area contributed by atoms with Gasteiger partial charge in [-0.25, -0.2) is 0 Å². The van der Waals surface area contributed by atoms with Gasteiger partial charge in [-0.15, -0.1) is 5.10 Å². The molecule has 0 bridgehead atoms. The van der Waals surface area contributed by atoms with Gasteiger partial charge in [0, 0.05) is 24.6 Å². The number of aliphatic hydroxyl groups excluding tert-OH is 1. The molecule has 0 amide bonds. The second-order valence-corrected chi connectivity index (χ2v) is 3.94. The van der Waals surface area contributed by atoms with E-state index in [1.54, 1.807) is 0 Å². The Morgan fingerprint density at radius 1 is 1.62 bits per heavy atom. The molecule has 0 unspecified atom stereocenters. The minimum absolute atomic E-state index is 0.156. The average molecular weight is 222 g/mol. The monoisotopic (exact) mass is 221 g/mol. The number of rotatable bonds is 5. The van der Waals surface area contributed by atoms with Gasteiger partial charge in [0.05, 0.1) is 6.61 Å². The topological polar surface area (TPSA) is 49.2 Å². The van der Waals surface area contributed by atoms with Crippen LogP contribution in [0.4, 0.5) is 0 Å². The summed E-state index contributed by atoms with van der Waals surface area (Å²) in [6.45, 7) is 4.36. The van der Waals surface area contributed by atoms with Gasteiger partial charge >= 0.3 is 0 Å². The van der Waals surface area contributed by atoms with Crippen LogP contribution in [0.3, 0.4) is 0 Å². The fraction of sp³-hybridized carbons (Fsp3) is 0.714. The lowest BCUT2D eigenvalue weighted by Gasteiger charge is -2.17. The quantitative estimate of drug-likeness (QED) is 0.806. The number of aliphatic hydroxyl groups is 1. The lowest BCUT2D eigenvalue weighted by molar-refractivity contribution is 0.195. The Kier molecular flexibility index (Phi) is 4.58. The molecule has 0 atom stereocenters. The first kappa shape index (κ1) is 10.8. The Hall–Kier alpha value is -0.230. The van der Waals surface area contributed by atoms with E-state index in [-0.39, 0.29) is 6.61 Å². The molecule has 0 aromatic carbocycles. The maximum absolute atomic E-state index is 8.76. The zero-order chi connectivity index (χ0) is 9.68. The molecule has 1 heterocycles. The van der Waals surface area contributed by atoms with E-state index in [4.69, 9.17) is 16.7 Å². The molecule has 1 aromatic heterocycles. The summed E-state index contributed by atoms with van der Waals surface area (Å²) < 4.78 is 4.38. The molecule has 0 aliphatic carbocycles. The summed E-state index contributed by atoms with van der Waals surface area (Å²) in [6.07, 6.45) is 0. The molecule has 1 rings (SSSR count). The van der Waals surface area contributed by atoms with Crippen LogP contribution in [-0.2, 0) is 6.54 Å². The number of nitrogens with zero attached hydrogens (tertiary/aromatic N) is 3. The smallest absolute Gasteiger partial charge is 0.138 e. The molecule has 1 N–H and O–H groups in total. The lowest BCUT2D eigenvalue weighted by Crippen LogP contribution is -2.26. The summed E-state index contributed by atoms with van der Waals surface area (Å²) in [4.78, 5) is 2.06. The van der Waals surface area contributed by atoms with Crippen molar-refractivity contribution in [2.75, 3.05) is 19.7 Å². The first-order valence-corrected chi connectivity index (χ1v) is 5.23.